The molecule has 112 valence electrons. The minimum atomic E-state index is -0.388. The summed E-state index contributed by atoms with van der Waals surface area (Å²) in [4.78, 5) is 24.2. The molecule has 1 amide bonds. The maximum absolute atomic E-state index is 12.2. The summed E-state index contributed by atoms with van der Waals surface area (Å²) in [5.74, 6) is -0.152. The van der Waals surface area contributed by atoms with Crippen molar-refractivity contribution in [3.05, 3.63) is 27.2 Å². The van der Waals surface area contributed by atoms with Crippen LogP contribution in [0.25, 0.3) is 0 Å². The van der Waals surface area contributed by atoms with Gasteiger partial charge in [-0.25, -0.2) is 4.68 Å². The highest BCUT2D eigenvalue weighted by molar-refractivity contribution is 5.95. The van der Waals surface area contributed by atoms with Crippen LogP contribution < -0.4 is 10.9 Å². The van der Waals surface area contributed by atoms with Crippen molar-refractivity contribution in [2.45, 2.75) is 33.6 Å². The lowest BCUT2D eigenvalue weighted by Gasteiger charge is -2.15. The lowest BCUT2D eigenvalue weighted by Crippen LogP contribution is -2.37. The Morgan fingerprint density at radius 3 is 2.65 bits per heavy atom. The van der Waals surface area contributed by atoms with Gasteiger partial charge in [0.05, 0.1) is 5.69 Å². The van der Waals surface area contributed by atoms with E-state index in [1.165, 1.54) is 11.7 Å². The molecule has 1 rings (SSSR count). The fraction of sp³-hybridized carbons (Fsp3) is 0.643. The van der Waals surface area contributed by atoms with E-state index in [1.54, 1.807) is 13.8 Å². The molecule has 0 aliphatic carbocycles. The molecular formula is C14H23N3O3. The van der Waals surface area contributed by atoms with Crippen LogP contribution in [0, 0.1) is 19.8 Å². The van der Waals surface area contributed by atoms with Crippen molar-refractivity contribution in [1.82, 2.24) is 15.1 Å². The Morgan fingerprint density at radius 2 is 2.10 bits per heavy atom. The second kappa shape index (κ2) is 7.19. The molecule has 0 aliphatic heterocycles. The first-order chi connectivity index (χ1) is 9.42. The van der Waals surface area contributed by atoms with Crippen molar-refractivity contribution in [2.75, 3.05) is 13.2 Å². The number of hydrogen-bond donors (Lipinski definition) is 2. The third kappa shape index (κ3) is 3.66. The number of nitrogens with one attached hydrogen (secondary N) is 1. The van der Waals surface area contributed by atoms with E-state index in [9.17, 15) is 9.59 Å². The molecule has 0 saturated carbocycles. The molecule has 20 heavy (non-hydrogen) atoms. The SMILES string of the molecule is CCC(CCO)CNC(=O)c1c(C)c(C)nn(C)c1=O. The predicted molar refractivity (Wildman–Crippen MR) is 76.8 cm³/mol. The Bertz CT molecular complexity index is 537. The summed E-state index contributed by atoms with van der Waals surface area (Å²) in [6.07, 6.45) is 1.51. The standard InChI is InChI=1S/C14H23N3O3/c1-5-11(6-7-18)8-15-13(19)12-9(2)10(3)16-17(4)14(12)20/h11,18H,5-8H2,1-4H3,(H,15,19). The molecule has 1 unspecified atom stereocenters. The van der Waals surface area contributed by atoms with E-state index < -0.39 is 0 Å². The zero-order valence-corrected chi connectivity index (χ0v) is 12.6. The van der Waals surface area contributed by atoms with Gasteiger partial charge in [-0.15, -0.1) is 0 Å². The molecule has 6 heteroatoms. The van der Waals surface area contributed by atoms with Crippen LogP contribution in [0.4, 0.5) is 0 Å². The molecule has 1 atom stereocenters. The molecule has 1 heterocycles. The Morgan fingerprint density at radius 1 is 1.45 bits per heavy atom. The highest BCUT2D eigenvalue weighted by Crippen LogP contribution is 2.08. The zero-order valence-electron chi connectivity index (χ0n) is 12.6. The van der Waals surface area contributed by atoms with Gasteiger partial charge in [0, 0.05) is 20.2 Å². The Balaban J connectivity index is 2.91. The fourth-order valence-electron chi connectivity index (χ4n) is 2.07. The highest BCUT2D eigenvalue weighted by atomic mass is 16.3. The van der Waals surface area contributed by atoms with Crippen LogP contribution >= 0.6 is 0 Å². The molecule has 6 nitrogen and oxygen atoms in total. The summed E-state index contributed by atoms with van der Waals surface area (Å²) in [6.45, 7) is 6.06. The van der Waals surface area contributed by atoms with Gasteiger partial charge in [0.15, 0.2) is 0 Å². The number of aryl methyl sites for hydroxylation is 2. The molecule has 2 N–H and O–H groups in total. The van der Waals surface area contributed by atoms with Crippen LogP contribution in [0.15, 0.2) is 4.79 Å². The first kappa shape index (κ1) is 16.4. The van der Waals surface area contributed by atoms with E-state index in [2.05, 4.69) is 10.4 Å². The molecule has 0 spiro atoms. The normalized spacial score (nSPS) is 12.2. The fourth-order valence-corrected chi connectivity index (χ4v) is 2.07. The van der Waals surface area contributed by atoms with Gasteiger partial charge in [-0.05, 0) is 31.7 Å². The van der Waals surface area contributed by atoms with Crippen molar-refractivity contribution in [3.8, 4) is 0 Å². The summed E-state index contributed by atoms with van der Waals surface area (Å²) < 4.78 is 1.18. The average molecular weight is 281 g/mol. The van der Waals surface area contributed by atoms with E-state index in [1.807, 2.05) is 6.92 Å². The van der Waals surface area contributed by atoms with Gasteiger partial charge >= 0.3 is 0 Å². The quantitative estimate of drug-likeness (QED) is 0.797. The van der Waals surface area contributed by atoms with Crippen LogP contribution in [0.3, 0.4) is 0 Å². The van der Waals surface area contributed by atoms with Crippen molar-refractivity contribution in [1.29, 1.82) is 0 Å². The number of aromatic nitrogens is 2. The third-order valence-electron chi connectivity index (χ3n) is 3.62. The van der Waals surface area contributed by atoms with E-state index in [-0.39, 0.29) is 29.6 Å². The first-order valence-electron chi connectivity index (χ1n) is 6.85. The largest absolute Gasteiger partial charge is 0.396 e. The number of amides is 1. The first-order valence-corrected chi connectivity index (χ1v) is 6.85. The topological polar surface area (TPSA) is 84.2 Å². The van der Waals surface area contributed by atoms with Crippen molar-refractivity contribution in [3.63, 3.8) is 0 Å². The van der Waals surface area contributed by atoms with Crippen molar-refractivity contribution in [2.24, 2.45) is 13.0 Å². The molecule has 1 aromatic heterocycles. The molecule has 0 bridgehead atoms. The number of carbonyl (C=O) groups excluding carboxylic acids is 1. The van der Waals surface area contributed by atoms with Crippen molar-refractivity contribution >= 4 is 5.91 Å². The highest BCUT2D eigenvalue weighted by Gasteiger charge is 2.18. The third-order valence-corrected chi connectivity index (χ3v) is 3.62. The van der Waals surface area contributed by atoms with Crippen LogP contribution in [0.5, 0.6) is 0 Å². The number of carbonyl (C=O) groups is 1. The van der Waals surface area contributed by atoms with E-state index >= 15 is 0 Å². The summed E-state index contributed by atoms with van der Waals surface area (Å²) in [7, 11) is 1.53. The summed E-state index contributed by atoms with van der Waals surface area (Å²) in [5, 5.41) is 15.8. The lowest BCUT2D eigenvalue weighted by molar-refractivity contribution is 0.0940. The lowest BCUT2D eigenvalue weighted by atomic mass is 10.0. The minimum Gasteiger partial charge on any atom is -0.396 e. The van der Waals surface area contributed by atoms with E-state index in [4.69, 9.17) is 5.11 Å². The average Bonchev–Trinajstić information content (AvgIpc) is 2.41. The van der Waals surface area contributed by atoms with E-state index in [0.29, 0.717) is 24.2 Å². The molecule has 0 radical (unpaired) electrons. The summed E-state index contributed by atoms with van der Waals surface area (Å²) >= 11 is 0. The number of aliphatic hydroxyl groups excluding tert-OH is 1. The second-order valence-corrected chi connectivity index (χ2v) is 5.01. The summed E-state index contributed by atoms with van der Waals surface area (Å²) in [6, 6.07) is 0. The van der Waals surface area contributed by atoms with Gasteiger partial charge in [-0.3, -0.25) is 9.59 Å². The van der Waals surface area contributed by atoms with Crippen molar-refractivity contribution < 1.29 is 9.90 Å². The molecule has 1 aromatic rings. The van der Waals surface area contributed by atoms with Gasteiger partial charge in [0.1, 0.15) is 5.56 Å². The van der Waals surface area contributed by atoms with Crippen LogP contribution in [-0.2, 0) is 7.05 Å². The van der Waals surface area contributed by atoms with E-state index in [0.717, 1.165) is 6.42 Å². The Kier molecular flexibility index (Phi) is 5.88. The van der Waals surface area contributed by atoms with Crippen LogP contribution in [0.1, 0.15) is 41.4 Å². The van der Waals surface area contributed by atoms with Gasteiger partial charge in [-0.2, -0.15) is 5.10 Å². The smallest absolute Gasteiger partial charge is 0.279 e. The van der Waals surface area contributed by atoms with Gasteiger partial charge in [0.25, 0.3) is 11.5 Å². The monoisotopic (exact) mass is 281 g/mol. The molecule has 0 saturated heterocycles. The maximum atomic E-state index is 12.2. The van der Waals surface area contributed by atoms with Gasteiger partial charge in [0.2, 0.25) is 0 Å². The number of aliphatic hydroxyl groups is 1. The van der Waals surface area contributed by atoms with Gasteiger partial charge < -0.3 is 10.4 Å². The number of hydrogen-bond acceptors (Lipinski definition) is 4. The molecule has 0 aromatic carbocycles. The minimum absolute atomic E-state index is 0.101. The Hall–Kier alpha value is -1.69. The molecule has 0 aliphatic rings. The van der Waals surface area contributed by atoms with Crippen LogP contribution in [0.2, 0.25) is 0 Å². The second-order valence-electron chi connectivity index (χ2n) is 5.01. The van der Waals surface area contributed by atoms with Gasteiger partial charge in [-0.1, -0.05) is 13.3 Å². The number of nitrogens with zero attached hydrogens (tertiary/aromatic N) is 2. The number of rotatable bonds is 6. The Labute approximate surface area is 118 Å². The zero-order chi connectivity index (χ0) is 15.3. The molecule has 0 fully saturated rings. The summed E-state index contributed by atoms with van der Waals surface area (Å²) in [5.41, 5.74) is 1.04. The molecular weight excluding hydrogens is 258 g/mol. The maximum Gasteiger partial charge on any atom is 0.279 e. The predicted octanol–water partition coefficient (Wildman–Crippen LogP) is 0.536. The van der Waals surface area contributed by atoms with Crippen LogP contribution in [-0.4, -0.2) is 33.9 Å².